The van der Waals surface area contributed by atoms with E-state index in [0.717, 1.165) is 24.3 Å². The number of thiazole rings is 1. The second-order valence-corrected chi connectivity index (χ2v) is 4.79. The third-order valence-electron chi connectivity index (χ3n) is 2.65. The second kappa shape index (κ2) is 4.75. The number of imidazole rings is 1. The number of carboxylic acids is 1. The van der Waals surface area contributed by atoms with Gasteiger partial charge in [-0.05, 0) is 6.42 Å². The first-order valence-electron chi connectivity index (χ1n) is 5.55. The van der Waals surface area contributed by atoms with E-state index in [9.17, 15) is 9.90 Å². The molecule has 2 heterocycles. The highest BCUT2D eigenvalue weighted by Crippen LogP contribution is 2.24. The van der Waals surface area contributed by atoms with Crippen molar-refractivity contribution in [3.63, 3.8) is 0 Å². The van der Waals surface area contributed by atoms with Gasteiger partial charge in [0.15, 0.2) is 16.5 Å². The number of fused-ring (bicyclic) bond motifs is 1. The number of hydrogen-bond donors (Lipinski definition) is 1. The minimum absolute atomic E-state index is 0.250. The van der Waals surface area contributed by atoms with Gasteiger partial charge in [0, 0.05) is 25.2 Å². The molecule has 0 aliphatic rings. The summed E-state index contributed by atoms with van der Waals surface area (Å²) in [5.41, 5.74) is 0.250. The van der Waals surface area contributed by atoms with Crippen LogP contribution < -0.4 is 4.90 Å². The second-order valence-electron chi connectivity index (χ2n) is 3.92. The van der Waals surface area contributed by atoms with Crippen LogP contribution in [0.1, 0.15) is 30.3 Å². The molecule has 17 heavy (non-hydrogen) atoms. The third-order valence-corrected chi connectivity index (χ3v) is 3.41. The Morgan fingerprint density at radius 3 is 3.06 bits per heavy atom. The maximum atomic E-state index is 11.3. The van der Waals surface area contributed by atoms with Crippen LogP contribution in [0.5, 0.6) is 0 Å². The van der Waals surface area contributed by atoms with Gasteiger partial charge >= 0.3 is 5.97 Å². The van der Waals surface area contributed by atoms with Gasteiger partial charge in [0.1, 0.15) is 0 Å². The van der Waals surface area contributed by atoms with Crippen LogP contribution in [0.3, 0.4) is 0 Å². The van der Waals surface area contributed by atoms with Gasteiger partial charge in [-0.2, -0.15) is 0 Å². The highest BCUT2D eigenvalue weighted by molar-refractivity contribution is 7.15. The molecule has 0 fully saturated rings. The van der Waals surface area contributed by atoms with Crippen LogP contribution in [0.4, 0.5) is 5.82 Å². The van der Waals surface area contributed by atoms with Crippen molar-refractivity contribution in [3.8, 4) is 0 Å². The normalized spacial score (nSPS) is 10.9. The fourth-order valence-electron chi connectivity index (χ4n) is 1.74. The fraction of sp³-hybridized carbons (Fsp3) is 0.455. The average Bonchev–Trinajstić information content (AvgIpc) is 2.83. The Hall–Kier alpha value is -1.56. The molecule has 0 unspecified atom stereocenters. The lowest BCUT2D eigenvalue weighted by Gasteiger charge is -2.16. The summed E-state index contributed by atoms with van der Waals surface area (Å²) in [7, 11) is 1.88. The van der Waals surface area contributed by atoms with Crippen molar-refractivity contribution in [1.29, 1.82) is 0 Å². The summed E-state index contributed by atoms with van der Waals surface area (Å²) in [4.78, 5) is 18.3. The van der Waals surface area contributed by atoms with E-state index in [4.69, 9.17) is 0 Å². The van der Waals surface area contributed by atoms with Gasteiger partial charge in [-0.3, -0.25) is 4.40 Å². The van der Waals surface area contributed by atoms with Gasteiger partial charge in [-0.15, -0.1) is 11.3 Å². The highest BCUT2D eigenvalue weighted by atomic mass is 32.1. The zero-order valence-corrected chi connectivity index (χ0v) is 10.7. The monoisotopic (exact) mass is 253 g/mol. The zero-order chi connectivity index (χ0) is 12.4. The van der Waals surface area contributed by atoms with Crippen LogP contribution in [-0.4, -0.2) is 34.1 Å². The Kier molecular flexibility index (Phi) is 3.33. The van der Waals surface area contributed by atoms with Gasteiger partial charge in [-0.1, -0.05) is 13.3 Å². The van der Waals surface area contributed by atoms with E-state index in [-0.39, 0.29) is 5.69 Å². The third kappa shape index (κ3) is 2.12. The maximum absolute atomic E-state index is 11.3. The number of hydrogen-bond acceptors (Lipinski definition) is 4. The van der Waals surface area contributed by atoms with Gasteiger partial charge in [0.25, 0.3) is 0 Å². The standard InChI is InChI=1S/C11H15N3O2S/c1-3-4-5-13(2)9-8(10(15)16)14-6-7-17-11(14)12-9/h6-7H,3-5H2,1-2H3,(H,15,16). The topological polar surface area (TPSA) is 57.8 Å². The van der Waals surface area contributed by atoms with E-state index in [1.165, 1.54) is 11.3 Å². The quantitative estimate of drug-likeness (QED) is 0.888. The molecular weight excluding hydrogens is 238 g/mol. The van der Waals surface area contributed by atoms with E-state index in [1.807, 2.05) is 17.3 Å². The Bertz CT molecular complexity index is 532. The minimum atomic E-state index is -0.936. The summed E-state index contributed by atoms with van der Waals surface area (Å²) in [6, 6.07) is 0. The lowest BCUT2D eigenvalue weighted by Crippen LogP contribution is -2.21. The van der Waals surface area contributed by atoms with Crippen molar-refractivity contribution in [3.05, 3.63) is 17.3 Å². The fourth-order valence-corrected chi connectivity index (χ4v) is 2.45. The van der Waals surface area contributed by atoms with Crippen molar-refractivity contribution in [2.45, 2.75) is 19.8 Å². The van der Waals surface area contributed by atoms with E-state index in [1.54, 1.807) is 10.6 Å². The smallest absolute Gasteiger partial charge is 0.356 e. The van der Waals surface area contributed by atoms with Crippen molar-refractivity contribution >= 4 is 28.1 Å². The van der Waals surface area contributed by atoms with Crippen molar-refractivity contribution in [1.82, 2.24) is 9.38 Å². The van der Waals surface area contributed by atoms with Crippen molar-refractivity contribution in [2.75, 3.05) is 18.5 Å². The molecule has 2 aromatic heterocycles. The van der Waals surface area contributed by atoms with Gasteiger partial charge in [-0.25, -0.2) is 9.78 Å². The van der Waals surface area contributed by atoms with Crippen LogP contribution in [0.15, 0.2) is 11.6 Å². The largest absolute Gasteiger partial charge is 0.476 e. The first kappa shape index (κ1) is 11.9. The average molecular weight is 253 g/mol. The summed E-state index contributed by atoms with van der Waals surface area (Å²) in [5.74, 6) is -0.382. The predicted molar refractivity (Wildman–Crippen MR) is 68.2 cm³/mol. The molecular formula is C11H15N3O2S. The minimum Gasteiger partial charge on any atom is -0.476 e. The Labute approximate surface area is 103 Å². The number of aromatic carboxylic acids is 1. The van der Waals surface area contributed by atoms with E-state index >= 15 is 0 Å². The number of unbranched alkanes of at least 4 members (excludes halogenated alkanes) is 1. The molecule has 2 rings (SSSR count). The highest BCUT2D eigenvalue weighted by Gasteiger charge is 2.21. The summed E-state index contributed by atoms with van der Waals surface area (Å²) in [6.07, 6.45) is 3.85. The zero-order valence-electron chi connectivity index (χ0n) is 9.88. The number of anilines is 1. The van der Waals surface area contributed by atoms with Crippen molar-refractivity contribution in [2.24, 2.45) is 0 Å². The summed E-state index contributed by atoms with van der Waals surface area (Å²) in [6.45, 7) is 2.93. The van der Waals surface area contributed by atoms with Crippen LogP contribution in [0, 0.1) is 0 Å². The molecule has 0 radical (unpaired) electrons. The molecule has 6 heteroatoms. The number of rotatable bonds is 5. The van der Waals surface area contributed by atoms with Crippen LogP contribution in [0.25, 0.3) is 4.96 Å². The maximum Gasteiger partial charge on any atom is 0.356 e. The molecule has 0 atom stereocenters. The molecule has 0 aliphatic heterocycles. The van der Waals surface area contributed by atoms with Crippen molar-refractivity contribution < 1.29 is 9.90 Å². The van der Waals surface area contributed by atoms with E-state index < -0.39 is 5.97 Å². The molecule has 2 aromatic rings. The molecule has 0 saturated carbocycles. The van der Waals surface area contributed by atoms with Gasteiger partial charge in [0.2, 0.25) is 0 Å². The first-order valence-corrected chi connectivity index (χ1v) is 6.43. The Morgan fingerprint density at radius 2 is 2.41 bits per heavy atom. The molecule has 0 saturated heterocycles. The van der Waals surface area contributed by atoms with Crippen LogP contribution >= 0.6 is 11.3 Å². The molecule has 1 N–H and O–H groups in total. The summed E-state index contributed by atoms with van der Waals surface area (Å²) in [5, 5.41) is 11.1. The molecule has 5 nitrogen and oxygen atoms in total. The molecule has 0 aromatic carbocycles. The summed E-state index contributed by atoms with van der Waals surface area (Å²) >= 11 is 1.44. The lowest BCUT2D eigenvalue weighted by molar-refractivity contribution is 0.0690. The van der Waals surface area contributed by atoms with E-state index in [2.05, 4.69) is 11.9 Å². The number of nitrogens with zero attached hydrogens (tertiary/aromatic N) is 3. The molecule has 0 amide bonds. The SMILES string of the molecule is CCCCN(C)c1nc2sccn2c1C(=O)O. The first-order chi connectivity index (χ1) is 8.15. The predicted octanol–water partition coefficient (Wildman–Crippen LogP) is 2.33. The Morgan fingerprint density at radius 1 is 1.65 bits per heavy atom. The van der Waals surface area contributed by atoms with Gasteiger partial charge in [0.05, 0.1) is 0 Å². The molecule has 0 aliphatic carbocycles. The summed E-state index contributed by atoms with van der Waals surface area (Å²) < 4.78 is 1.63. The molecule has 0 bridgehead atoms. The molecule has 92 valence electrons. The lowest BCUT2D eigenvalue weighted by atomic mass is 10.3. The van der Waals surface area contributed by atoms with Gasteiger partial charge < -0.3 is 10.0 Å². The van der Waals surface area contributed by atoms with Crippen LogP contribution in [0.2, 0.25) is 0 Å². The van der Waals surface area contributed by atoms with E-state index in [0.29, 0.717) is 5.82 Å². The molecule has 0 spiro atoms. The number of carboxylic acid groups (broad SMARTS) is 1. The van der Waals surface area contributed by atoms with Crippen LogP contribution in [-0.2, 0) is 0 Å². The number of aromatic nitrogens is 2. The Balaban J connectivity index is 2.41. The number of carbonyl (C=O) groups is 1.